The minimum atomic E-state index is -0.386. The quantitative estimate of drug-likeness (QED) is 0.331. The van der Waals surface area contributed by atoms with Crippen molar-refractivity contribution >= 4 is 17.3 Å². The summed E-state index contributed by atoms with van der Waals surface area (Å²) in [4.78, 5) is 11.5. The van der Waals surface area contributed by atoms with Crippen molar-refractivity contribution in [1.29, 1.82) is 5.26 Å². The Balaban J connectivity index is 1.13. The fourth-order valence-corrected chi connectivity index (χ4v) is 5.45. The van der Waals surface area contributed by atoms with Gasteiger partial charge in [0, 0.05) is 48.5 Å². The van der Waals surface area contributed by atoms with Crippen LogP contribution in [-0.4, -0.2) is 57.3 Å². The number of aromatic nitrogens is 5. The molecule has 11 heteroatoms. The summed E-state index contributed by atoms with van der Waals surface area (Å²) in [5, 5.41) is 21.6. The van der Waals surface area contributed by atoms with Gasteiger partial charge in [0.15, 0.2) is 0 Å². The van der Waals surface area contributed by atoms with Crippen LogP contribution in [0.2, 0.25) is 0 Å². The Morgan fingerprint density at radius 2 is 1.95 bits per heavy atom. The van der Waals surface area contributed by atoms with Crippen molar-refractivity contribution in [3.05, 3.63) is 60.7 Å². The molecule has 0 atom stereocenters. The number of nitrogens with one attached hydrogen (secondary N) is 1. The van der Waals surface area contributed by atoms with Crippen molar-refractivity contribution in [1.82, 2.24) is 24.9 Å². The molecule has 0 amide bonds. The van der Waals surface area contributed by atoms with Gasteiger partial charge in [0.05, 0.1) is 43.1 Å². The molecular formula is C29H32N8O3. The Kier molecular flexibility index (Phi) is 7.33. The van der Waals surface area contributed by atoms with Crippen molar-refractivity contribution in [3.8, 4) is 23.2 Å². The highest BCUT2D eigenvalue weighted by molar-refractivity contribution is 5.62. The summed E-state index contributed by atoms with van der Waals surface area (Å²) in [5.74, 6) is 1.74. The van der Waals surface area contributed by atoms with Crippen LogP contribution in [0.15, 0.2) is 59.5 Å². The molecule has 3 aromatic heterocycles. The van der Waals surface area contributed by atoms with Crippen LogP contribution in [0.3, 0.4) is 0 Å². The molecule has 1 N–H and O–H groups in total. The van der Waals surface area contributed by atoms with Crippen LogP contribution in [0.5, 0.6) is 5.88 Å². The summed E-state index contributed by atoms with van der Waals surface area (Å²) in [6.07, 6.45) is 9.10. The number of nitrogens with zero attached hydrogens (tertiary/aromatic N) is 7. The van der Waals surface area contributed by atoms with E-state index in [2.05, 4.69) is 38.6 Å². The molecule has 1 saturated heterocycles. The largest absolute Gasteiger partial charge is 0.472 e. The molecule has 0 spiro atoms. The van der Waals surface area contributed by atoms with E-state index in [0.717, 1.165) is 74.7 Å². The lowest BCUT2D eigenvalue weighted by molar-refractivity contribution is 0.0733. The SMILES string of the molecule is Cc1cc(OC2CCC(CC#N)(n3cc(-c4ccnc(Nc5ccc(N6CCOCC6)cc5)n4)cn3)CC2)no1. The number of rotatable bonds is 8. The van der Waals surface area contributed by atoms with Gasteiger partial charge in [-0.3, -0.25) is 4.68 Å². The van der Waals surface area contributed by atoms with E-state index in [4.69, 9.17) is 24.1 Å². The highest BCUT2D eigenvalue weighted by Crippen LogP contribution is 2.39. The number of morpholine rings is 1. The number of anilines is 3. The second-order valence-electron chi connectivity index (χ2n) is 10.4. The standard InChI is InChI=1S/C29H32N8O3/c1-21-18-27(35-40-21)39-25-6-9-29(10-7-25,11-12-30)37-20-22(19-32-37)26-8-13-31-28(34-26)33-23-2-4-24(5-3-23)36-14-16-38-17-15-36/h2-5,8,13,18-20,25H,6-7,9-11,14-17H2,1H3,(H,31,33,34). The summed E-state index contributed by atoms with van der Waals surface area (Å²) in [5.41, 5.74) is 3.35. The zero-order valence-electron chi connectivity index (χ0n) is 22.5. The lowest BCUT2D eigenvalue weighted by Gasteiger charge is -2.38. The minimum absolute atomic E-state index is 0.0322. The van der Waals surface area contributed by atoms with Crippen LogP contribution >= 0.6 is 0 Å². The second kappa shape index (κ2) is 11.4. The van der Waals surface area contributed by atoms with Gasteiger partial charge in [-0.25, -0.2) is 9.97 Å². The maximum absolute atomic E-state index is 9.66. The van der Waals surface area contributed by atoms with Gasteiger partial charge in [-0.1, -0.05) is 0 Å². The molecule has 2 aliphatic rings. The van der Waals surface area contributed by atoms with E-state index in [1.54, 1.807) is 12.3 Å². The van der Waals surface area contributed by atoms with E-state index >= 15 is 0 Å². The highest BCUT2D eigenvalue weighted by atomic mass is 16.5. The smallest absolute Gasteiger partial charge is 0.254 e. The monoisotopic (exact) mass is 540 g/mol. The molecule has 4 aromatic rings. The predicted octanol–water partition coefficient (Wildman–Crippen LogP) is 4.85. The van der Waals surface area contributed by atoms with Crippen molar-refractivity contribution in [2.45, 2.75) is 50.7 Å². The number of hydrogen-bond acceptors (Lipinski definition) is 10. The van der Waals surface area contributed by atoms with E-state index in [1.165, 1.54) is 5.69 Å². The molecule has 206 valence electrons. The van der Waals surface area contributed by atoms with E-state index in [-0.39, 0.29) is 11.6 Å². The van der Waals surface area contributed by atoms with E-state index < -0.39 is 0 Å². The minimum Gasteiger partial charge on any atom is -0.472 e. The van der Waals surface area contributed by atoms with Gasteiger partial charge in [-0.2, -0.15) is 10.4 Å². The van der Waals surface area contributed by atoms with Crippen LogP contribution < -0.4 is 15.0 Å². The van der Waals surface area contributed by atoms with Crippen molar-refractivity contribution in [2.24, 2.45) is 0 Å². The lowest BCUT2D eigenvalue weighted by atomic mass is 9.78. The fraction of sp³-hybridized carbons (Fsp3) is 0.414. The molecule has 0 unspecified atom stereocenters. The van der Waals surface area contributed by atoms with E-state index in [9.17, 15) is 5.26 Å². The number of hydrogen-bond donors (Lipinski definition) is 1. The molecule has 0 bridgehead atoms. The Hall–Kier alpha value is -4.43. The molecule has 0 radical (unpaired) electrons. The predicted molar refractivity (Wildman–Crippen MR) is 148 cm³/mol. The van der Waals surface area contributed by atoms with Crippen LogP contribution in [0.25, 0.3) is 11.3 Å². The number of aryl methyl sites for hydroxylation is 1. The third-order valence-corrected chi connectivity index (χ3v) is 7.68. The topological polar surface area (TPSA) is 127 Å². The van der Waals surface area contributed by atoms with Crippen molar-refractivity contribution in [2.75, 3.05) is 36.5 Å². The Morgan fingerprint density at radius 3 is 2.67 bits per heavy atom. The maximum Gasteiger partial charge on any atom is 0.254 e. The summed E-state index contributed by atoms with van der Waals surface area (Å²) in [7, 11) is 0. The molecular weight excluding hydrogens is 508 g/mol. The van der Waals surface area contributed by atoms with E-state index in [0.29, 0.717) is 18.2 Å². The summed E-state index contributed by atoms with van der Waals surface area (Å²) < 4.78 is 18.5. The maximum atomic E-state index is 9.66. The Morgan fingerprint density at radius 1 is 1.15 bits per heavy atom. The highest BCUT2D eigenvalue weighted by Gasteiger charge is 2.38. The molecule has 1 aliphatic heterocycles. The molecule has 6 rings (SSSR count). The zero-order chi connectivity index (χ0) is 27.4. The summed E-state index contributed by atoms with van der Waals surface area (Å²) >= 11 is 0. The van der Waals surface area contributed by atoms with Crippen LogP contribution in [0, 0.1) is 18.3 Å². The Bertz CT molecular complexity index is 1460. The first-order chi connectivity index (χ1) is 19.6. The zero-order valence-corrected chi connectivity index (χ0v) is 22.5. The molecule has 4 heterocycles. The van der Waals surface area contributed by atoms with Gasteiger partial charge < -0.3 is 24.2 Å². The number of nitriles is 1. The first-order valence-electron chi connectivity index (χ1n) is 13.7. The van der Waals surface area contributed by atoms with Gasteiger partial charge in [-0.15, -0.1) is 0 Å². The fourth-order valence-electron chi connectivity index (χ4n) is 5.45. The van der Waals surface area contributed by atoms with Gasteiger partial charge in [-0.05, 0) is 68.1 Å². The normalized spacial score (nSPS) is 21.1. The van der Waals surface area contributed by atoms with E-state index in [1.807, 2.05) is 42.2 Å². The Labute approximate surface area is 232 Å². The average molecular weight is 541 g/mol. The van der Waals surface area contributed by atoms with Crippen molar-refractivity contribution < 1.29 is 14.0 Å². The first-order valence-corrected chi connectivity index (χ1v) is 13.7. The third kappa shape index (κ3) is 5.62. The second-order valence-corrected chi connectivity index (χ2v) is 10.4. The molecule has 1 saturated carbocycles. The van der Waals surface area contributed by atoms with Gasteiger partial charge in [0.25, 0.3) is 5.88 Å². The molecule has 1 aliphatic carbocycles. The summed E-state index contributed by atoms with van der Waals surface area (Å²) in [6.45, 7) is 5.16. The lowest BCUT2D eigenvalue weighted by Crippen LogP contribution is -2.40. The molecule has 2 fully saturated rings. The van der Waals surface area contributed by atoms with Crippen LogP contribution in [0.4, 0.5) is 17.3 Å². The molecule has 11 nitrogen and oxygen atoms in total. The number of ether oxygens (including phenoxy) is 2. The van der Waals surface area contributed by atoms with Crippen molar-refractivity contribution in [3.63, 3.8) is 0 Å². The third-order valence-electron chi connectivity index (χ3n) is 7.68. The summed E-state index contributed by atoms with van der Waals surface area (Å²) in [6, 6.07) is 14.3. The van der Waals surface area contributed by atoms with Gasteiger partial charge in [0.2, 0.25) is 5.95 Å². The van der Waals surface area contributed by atoms with Crippen LogP contribution in [-0.2, 0) is 10.3 Å². The van der Waals surface area contributed by atoms with Crippen LogP contribution in [0.1, 0.15) is 37.9 Å². The molecule has 40 heavy (non-hydrogen) atoms. The number of benzene rings is 1. The molecule has 1 aromatic carbocycles. The van der Waals surface area contributed by atoms with Gasteiger partial charge in [0.1, 0.15) is 11.9 Å². The van der Waals surface area contributed by atoms with Gasteiger partial charge >= 0.3 is 0 Å². The average Bonchev–Trinajstić information content (AvgIpc) is 3.65. The first kappa shape index (κ1) is 25.8.